The molecule has 0 aliphatic heterocycles. The van der Waals surface area contributed by atoms with E-state index in [-0.39, 0.29) is 28.1 Å². The number of carboxylic acids is 1. The van der Waals surface area contributed by atoms with Gasteiger partial charge in [0.05, 0.1) is 0 Å². The summed E-state index contributed by atoms with van der Waals surface area (Å²) in [4.78, 5) is 13.7. The SMILES string of the molecule is O=C(O)c1ccccn1.[Au]. The molecule has 1 aromatic rings. The number of hydrogen-bond acceptors (Lipinski definition) is 2. The van der Waals surface area contributed by atoms with E-state index in [4.69, 9.17) is 5.11 Å². The van der Waals surface area contributed by atoms with Crippen LogP contribution in [-0.4, -0.2) is 16.1 Å². The Morgan fingerprint density at radius 3 is 2.50 bits per heavy atom. The Kier molecular flexibility index (Phi) is 3.95. The average molecular weight is 320 g/mol. The van der Waals surface area contributed by atoms with Crippen LogP contribution in [0.4, 0.5) is 0 Å². The van der Waals surface area contributed by atoms with Gasteiger partial charge in [-0.1, -0.05) is 6.07 Å². The van der Waals surface area contributed by atoms with Gasteiger partial charge in [-0.2, -0.15) is 0 Å². The van der Waals surface area contributed by atoms with Gasteiger partial charge >= 0.3 is 5.97 Å². The van der Waals surface area contributed by atoms with Gasteiger partial charge in [0.25, 0.3) is 0 Å². The fourth-order valence-corrected chi connectivity index (χ4v) is 0.489. The van der Waals surface area contributed by atoms with Crippen molar-refractivity contribution in [2.45, 2.75) is 0 Å². The van der Waals surface area contributed by atoms with E-state index in [0.29, 0.717) is 0 Å². The van der Waals surface area contributed by atoms with Crippen LogP contribution in [0.2, 0.25) is 0 Å². The number of carboxylic acid groups (broad SMARTS) is 1. The first kappa shape index (κ1) is 9.36. The number of aromatic carboxylic acids is 1. The van der Waals surface area contributed by atoms with Crippen molar-refractivity contribution in [2.75, 3.05) is 0 Å². The molecule has 1 radical (unpaired) electrons. The van der Waals surface area contributed by atoms with Crippen LogP contribution in [0.25, 0.3) is 0 Å². The van der Waals surface area contributed by atoms with Crippen LogP contribution < -0.4 is 0 Å². The molecule has 57 valence electrons. The summed E-state index contributed by atoms with van der Waals surface area (Å²) in [5.41, 5.74) is 0.0810. The number of nitrogens with zero attached hydrogens (tertiary/aromatic N) is 1. The minimum Gasteiger partial charge on any atom is -0.477 e. The molecule has 1 aromatic heterocycles. The summed E-state index contributed by atoms with van der Waals surface area (Å²) in [6, 6.07) is 4.76. The molecular formula is C6H5AuNO2. The Morgan fingerprint density at radius 2 is 2.20 bits per heavy atom. The van der Waals surface area contributed by atoms with Crippen LogP contribution in [0.3, 0.4) is 0 Å². The van der Waals surface area contributed by atoms with Crippen LogP contribution in [0, 0.1) is 0 Å². The Labute approximate surface area is 73.6 Å². The van der Waals surface area contributed by atoms with Crippen LogP contribution in [0.15, 0.2) is 24.4 Å². The zero-order valence-electron chi connectivity index (χ0n) is 4.91. The number of pyridine rings is 1. The molecular weight excluding hydrogens is 315 g/mol. The zero-order chi connectivity index (χ0) is 6.69. The van der Waals surface area contributed by atoms with E-state index in [2.05, 4.69) is 4.98 Å². The molecule has 1 heterocycles. The van der Waals surface area contributed by atoms with Gasteiger partial charge in [-0.25, -0.2) is 9.78 Å². The fourth-order valence-electron chi connectivity index (χ4n) is 0.489. The molecule has 0 amide bonds. The van der Waals surface area contributed by atoms with Crippen molar-refractivity contribution in [3.05, 3.63) is 30.1 Å². The van der Waals surface area contributed by atoms with E-state index in [0.717, 1.165) is 0 Å². The predicted molar refractivity (Wildman–Crippen MR) is 31.2 cm³/mol. The van der Waals surface area contributed by atoms with Crippen molar-refractivity contribution in [1.82, 2.24) is 4.98 Å². The van der Waals surface area contributed by atoms with Crippen molar-refractivity contribution < 1.29 is 32.3 Å². The van der Waals surface area contributed by atoms with Crippen molar-refractivity contribution in [1.29, 1.82) is 0 Å². The number of hydrogen-bond donors (Lipinski definition) is 1. The van der Waals surface area contributed by atoms with E-state index in [1.807, 2.05) is 0 Å². The van der Waals surface area contributed by atoms with E-state index >= 15 is 0 Å². The summed E-state index contributed by atoms with van der Waals surface area (Å²) in [6.07, 6.45) is 1.45. The minimum atomic E-state index is -0.990. The topological polar surface area (TPSA) is 50.2 Å². The molecule has 0 spiro atoms. The molecule has 0 fully saturated rings. The van der Waals surface area contributed by atoms with Gasteiger partial charge < -0.3 is 5.11 Å². The maximum Gasteiger partial charge on any atom is 0.354 e. The standard InChI is InChI=1S/C6H5NO2.Au/c8-6(9)5-3-1-2-4-7-5;/h1-4H,(H,8,9);. The van der Waals surface area contributed by atoms with E-state index in [9.17, 15) is 4.79 Å². The van der Waals surface area contributed by atoms with Gasteiger partial charge in [0.1, 0.15) is 5.69 Å². The molecule has 1 rings (SSSR count). The molecule has 0 bridgehead atoms. The second-order valence-electron chi connectivity index (χ2n) is 1.52. The third-order valence-corrected chi connectivity index (χ3v) is 0.884. The summed E-state index contributed by atoms with van der Waals surface area (Å²) in [7, 11) is 0. The van der Waals surface area contributed by atoms with Crippen molar-refractivity contribution in [3.63, 3.8) is 0 Å². The number of aromatic nitrogens is 1. The van der Waals surface area contributed by atoms with E-state index in [1.54, 1.807) is 12.1 Å². The summed E-state index contributed by atoms with van der Waals surface area (Å²) >= 11 is 0. The average Bonchev–Trinajstić information content (AvgIpc) is 1.90. The molecule has 0 saturated heterocycles. The van der Waals surface area contributed by atoms with Crippen molar-refractivity contribution in [2.24, 2.45) is 0 Å². The second-order valence-corrected chi connectivity index (χ2v) is 1.52. The molecule has 0 aliphatic carbocycles. The third kappa shape index (κ3) is 2.31. The Morgan fingerprint density at radius 1 is 1.50 bits per heavy atom. The predicted octanol–water partition coefficient (Wildman–Crippen LogP) is 0.777. The number of carbonyl (C=O) groups is 1. The molecule has 10 heavy (non-hydrogen) atoms. The van der Waals surface area contributed by atoms with Crippen molar-refractivity contribution >= 4 is 5.97 Å². The maximum atomic E-state index is 10.1. The van der Waals surface area contributed by atoms with Crippen LogP contribution in [0.1, 0.15) is 10.5 Å². The van der Waals surface area contributed by atoms with Crippen molar-refractivity contribution in [3.8, 4) is 0 Å². The molecule has 0 aliphatic rings. The molecule has 0 atom stereocenters. The maximum absolute atomic E-state index is 10.1. The quantitative estimate of drug-likeness (QED) is 0.778. The third-order valence-electron chi connectivity index (χ3n) is 0.884. The normalized spacial score (nSPS) is 8.00. The van der Waals surface area contributed by atoms with E-state index in [1.165, 1.54) is 12.3 Å². The Hall–Kier alpha value is -0.640. The number of rotatable bonds is 1. The summed E-state index contributed by atoms with van der Waals surface area (Å²) < 4.78 is 0. The summed E-state index contributed by atoms with van der Waals surface area (Å²) in [5.74, 6) is -0.990. The van der Waals surface area contributed by atoms with Gasteiger partial charge in [0.2, 0.25) is 0 Å². The van der Waals surface area contributed by atoms with Gasteiger partial charge in [-0.15, -0.1) is 0 Å². The molecule has 3 nitrogen and oxygen atoms in total. The summed E-state index contributed by atoms with van der Waals surface area (Å²) in [5, 5.41) is 8.32. The largest absolute Gasteiger partial charge is 0.477 e. The first-order chi connectivity index (χ1) is 4.30. The molecule has 4 heteroatoms. The smallest absolute Gasteiger partial charge is 0.354 e. The zero-order valence-corrected chi connectivity index (χ0v) is 7.08. The minimum absolute atomic E-state index is 0. The Bertz CT molecular complexity index is 212. The van der Waals surface area contributed by atoms with Gasteiger partial charge in [-0.3, -0.25) is 0 Å². The molecule has 0 aromatic carbocycles. The molecule has 0 saturated carbocycles. The Balaban J connectivity index is 0.000000810. The van der Waals surface area contributed by atoms with Gasteiger partial charge in [-0.05, 0) is 12.1 Å². The van der Waals surface area contributed by atoms with Crippen LogP contribution >= 0.6 is 0 Å². The van der Waals surface area contributed by atoms with Gasteiger partial charge in [0, 0.05) is 28.6 Å². The molecule has 0 unspecified atom stereocenters. The van der Waals surface area contributed by atoms with Crippen LogP contribution in [-0.2, 0) is 22.4 Å². The van der Waals surface area contributed by atoms with Gasteiger partial charge in [0.15, 0.2) is 0 Å². The fraction of sp³-hybridized carbons (Fsp3) is 0. The second kappa shape index (κ2) is 4.22. The molecule has 1 N–H and O–H groups in total. The first-order valence-corrected chi connectivity index (χ1v) is 2.45. The van der Waals surface area contributed by atoms with Crippen LogP contribution in [0.5, 0.6) is 0 Å². The first-order valence-electron chi connectivity index (χ1n) is 2.45. The summed E-state index contributed by atoms with van der Waals surface area (Å²) in [6.45, 7) is 0. The monoisotopic (exact) mass is 320 g/mol. The van der Waals surface area contributed by atoms with E-state index < -0.39 is 5.97 Å².